The first-order valence-electron chi connectivity index (χ1n) is 10.2. The minimum absolute atomic E-state index is 0.269. The third-order valence-electron chi connectivity index (χ3n) is 6.84. The lowest BCUT2D eigenvalue weighted by Gasteiger charge is -2.38. The van der Waals surface area contributed by atoms with Crippen molar-refractivity contribution in [3.63, 3.8) is 0 Å². The third kappa shape index (κ3) is 1.87. The van der Waals surface area contributed by atoms with Gasteiger partial charge in [0, 0.05) is 29.5 Å². The molecule has 1 saturated heterocycles. The average Bonchev–Trinajstić information content (AvgIpc) is 3.31. The fourth-order valence-electron chi connectivity index (χ4n) is 5.70. The molecule has 3 atom stereocenters. The van der Waals surface area contributed by atoms with Crippen molar-refractivity contribution in [2.45, 2.75) is 11.5 Å². The minimum Gasteiger partial charge on any atom is -0.493 e. The second-order valence-corrected chi connectivity index (χ2v) is 8.23. The molecular formula is C25H19N3O. The number of para-hydroxylation sites is 3. The highest BCUT2D eigenvalue weighted by Crippen LogP contribution is 2.59. The monoisotopic (exact) mass is 377 g/mol. The van der Waals surface area contributed by atoms with E-state index in [4.69, 9.17) is 14.7 Å². The second kappa shape index (κ2) is 5.43. The first-order chi connectivity index (χ1) is 14.4. The number of hydrogen-bond acceptors (Lipinski definition) is 4. The Bertz CT molecular complexity index is 1300. The van der Waals surface area contributed by atoms with Gasteiger partial charge in [-0.2, -0.15) is 0 Å². The van der Waals surface area contributed by atoms with Crippen molar-refractivity contribution in [2.75, 3.05) is 13.2 Å². The van der Waals surface area contributed by atoms with Crippen LogP contribution in [0.5, 0.6) is 5.75 Å². The molecule has 0 radical (unpaired) electrons. The van der Waals surface area contributed by atoms with Crippen molar-refractivity contribution < 1.29 is 4.74 Å². The number of hydrogen-bond donors (Lipinski definition) is 1. The summed E-state index contributed by atoms with van der Waals surface area (Å²) in [6.07, 6.45) is 0. The lowest BCUT2D eigenvalue weighted by Crippen LogP contribution is -2.42. The molecule has 3 unspecified atom stereocenters. The van der Waals surface area contributed by atoms with Gasteiger partial charge in [-0.05, 0) is 23.8 Å². The van der Waals surface area contributed by atoms with Crippen LogP contribution in [0, 0.1) is 5.92 Å². The molecule has 4 nitrogen and oxygen atoms in total. The van der Waals surface area contributed by atoms with Gasteiger partial charge in [0.15, 0.2) is 0 Å². The van der Waals surface area contributed by atoms with E-state index >= 15 is 0 Å². The van der Waals surface area contributed by atoms with Gasteiger partial charge in [-0.3, -0.25) is 0 Å². The van der Waals surface area contributed by atoms with Crippen molar-refractivity contribution in [2.24, 2.45) is 5.92 Å². The minimum atomic E-state index is -0.368. The Morgan fingerprint density at radius 3 is 2.55 bits per heavy atom. The van der Waals surface area contributed by atoms with Gasteiger partial charge >= 0.3 is 0 Å². The number of rotatable bonds is 0. The van der Waals surface area contributed by atoms with Crippen LogP contribution in [0.3, 0.4) is 0 Å². The number of nitrogens with one attached hydrogen (secondary N) is 1. The van der Waals surface area contributed by atoms with E-state index in [9.17, 15) is 0 Å². The first-order valence-corrected chi connectivity index (χ1v) is 10.2. The van der Waals surface area contributed by atoms with Crippen LogP contribution in [0.15, 0.2) is 72.8 Å². The zero-order valence-corrected chi connectivity index (χ0v) is 15.8. The highest BCUT2D eigenvalue weighted by atomic mass is 16.5. The quantitative estimate of drug-likeness (QED) is 0.498. The van der Waals surface area contributed by atoms with Crippen LogP contribution >= 0.6 is 0 Å². The summed E-state index contributed by atoms with van der Waals surface area (Å²) in [5, 5.41) is 3.91. The molecule has 4 heteroatoms. The molecule has 0 saturated carbocycles. The normalized spacial score (nSPS) is 25.9. The summed E-state index contributed by atoms with van der Waals surface area (Å²) < 4.78 is 6.11. The predicted molar refractivity (Wildman–Crippen MR) is 112 cm³/mol. The van der Waals surface area contributed by atoms with Crippen LogP contribution in [0.4, 0.5) is 0 Å². The SMILES string of the molecule is c1ccc2c(c1)OCC1CNC3(c4ccccc4-c4nc5ccccc5nc43)C21. The van der Waals surface area contributed by atoms with Crippen molar-refractivity contribution >= 4 is 11.0 Å². The summed E-state index contributed by atoms with van der Waals surface area (Å²) in [6.45, 7) is 1.64. The molecule has 0 bridgehead atoms. The summed E-state index contributed by atoms with van der Waals surface area (Å²) in [5.74, 6) is 1.67. The maximum atomic E-state index is 6.11. The summed E-state index contributed by atoms with van der Waals surface area (Å²) in [7, 11) is 0. The molecular weight excluding hydrogens is 358 g/mol. The van der Waals surface area contributed by atoms with Crippen LogP contribution in [0.1, 0.15) is 22.7 Å². The Kier molecular flexibility index (Phi) is 2.93. The molecule has 1 aromatic heterocycles. The number of fused-ring (bicyclic) bond motifs is 10. The van der Waals surface area contributed by atoms with Gasteiger partial charge in [0.1, 0.15) is 5.75 Å². The van der Waals surface area contributed by atoms with Gasteiger partial charge < -0.3 is 10.1 Å². The molecule has 29 heavy (non-hydrogen) atoms. The molecule has 2 aliphatic heterocycles. The second-order valence-electron chi connectivity index (χ2n) is 8.23. The zero-order valence-electron chi connectivity index (χ0n) is 15.8. The standard InChI is InChI=1S/C25H19N3O/c1-3-9-18-16(7-1)23-24(28-20-11-5-4-10-19(20)27-23)25(18)22-15(13-26-25)14-29-21-12-6-2-8-17(21)22/h1-12,15,22,26H,13-14H2. The van der Waals surface area contributed by atoms with Crippen LogP contribution < -0.4 is 10.1 Å². The average molecular weight is 377 g/mol. The van der Waals surface area contributed by atoms with E-state index in [2.05, 4.69) is 59.9 Å². The maximum Gasteiger partial charge on any atom is 0.122 e. The van der Waals surface area contributed by atoms with Crippen molar-refractivity contribution in [1.29, 1.82) is 0 Å². The van der Waals surface area contributed by atoms with Gasteiger partial charge in [-0.15, -0.1) is 0 Å². The Labute approximate surface area is 168 Å². The van der Waals surface area contributed by atoms with E-state index in [1.165, 1.54) is 16.7 Å². The molecule has 7 rings (SSSR count). The Balaban J connectivity index is 1.59. The van der Waals surface area contributed by atoms with E-state index in [0.717, 1.165) is 41.3 Å². The molecule has 3 heterocycles. The highest BCUT2D eigenvalue weighted by Gasteiger charge is 2.59. The first kappa shape index (κ1) is 15.7. The molecule has 1 fully saturated rings. The lowest BCUT2D eigenvalue weighted by atomic mass is 9.71. The molecule has 1 aliphatic carbocycles. The number of aromatic nitrogens is 2. The zero-order chi connectivity index (χ0) is 19.0. The molecule has 1 N–H and O–H groups in total. The molecule has 1 spiro atoms. The lowest BCUT2D eigenvalue weighted by molar-refractivity contribution is 0.202. The maximum absolute atomic E-state index is 6.11. The number of benzene rings is 3. The fourth-order valence-corrected chi connectivity index (χ4v) is 5.70. The van der Waals surface area contributed by atoms with E-state index in [1.54, 1.807) is 0 Å². The summed E-state index contributed by atoms with van der Waals surface area (Å²) in [6, 6.07) is 25.3. The Hall–Kier alpha value is -3.24. The summed E-state index contributed by atoms with van der Waals surface area (Å²) >= 11 is 0. The van der Waals surface area contributed by atoms with Crippen LogP contribution in [-0.4, -0.2) is 23.1 Å². The van der Waals surface area contributed by atoms with Crippen LogP contribution in [-0.2, 0) is 5.54 Å². The van der Waals surface area contributed by atoms with E-state index < -0.39 is 0 Å². The van der Waals surface area contributed by atoms with Crippen LogP contribution in [0.2, 0.25) is 0 Å². The van der Waals surface area contributed by atoms with Gasteiger partial charge in [0.25, 0.3) is 0 Å². The van der Waals surface area contributed by atoms with Gasteiger partial charge in [0.2, 0.25) is 0 Å². The summed E-state index contributed by atoms with van der Waals surface area (Å²) in [5.41, 5.74) is 7.34. The molecule has 0 amide bonds. The molecule has 3 aromatic carbocycles. The van der Waals surface area contributed by atoms with E-state index in [0.29, 0.717) is 5.92 Å². The fraction of sp³-hybridized carbons (Fsp3) is 0.200. The van der Waals surface area contributed by atoms with Crippen molar-refractivity contribution in [3.05, 3.63) is 89.6 Å². The Morgan fingerprint density at radius 2 is 1.62 bits per heavy atom. The smallest absolute Gasteiger partial charge is 0.122 e. The number of ether oxygens (including phenoxy) is 1. The largest absolute Gasteiger partial charge is 0.493 e. The molecule has 3 aliphatic rings. The topological polar surface area (TPSA) is 47.0 Å². The number of nitrogens with zero attached hydrogens (tertiary/aromatic N) is 2. The van der Waals surface area contributed by atoms with Gasteiger partial charge in [0.05, 0.1) is 34.6 Å². The van der Waals surface area contributed by atoms with Crippen molar-refractivity contribution in [3.8, 4) is 17.0 Å². The van der Waals surface area contributed by atoms with Gasteiger partial charge in [-0.25, -0.2) is 9.97 Å². The Morgan fingerprint density at radius 1 is 0.862 bits per heavy atom. The van der Waals surface area contributed by atoms with Gasteiger partial charge in [-0.1, -0.05) is 54.6 Å². The van der Waals surface area contributed by atoms with Crippen molar-refractivity contribution in [1.82, 2.24) is 15.3 Å². The van der Waals surface area contributed by atoms with Crippen LogP contribution in [0.25, 0.3) is 22.3 Å². The third-order valence-corrected chi connectivity index (χ3v) is 6.84. The summed E-state index contributed by atoms with van der Waals surface area (Å²) in [4.78, 5) is 10.3. The predicted octanol–water partition coefficient (Wildman–Crippen LogP) is 4.25. The van der Waals surface area contributed by atoms with E-state index in [1.807, 2.05) is 18.2 Å². The highest BCUT2D eigenvalue weighted by molar-refractivity contribution is 5.84. The molecule has 4 aromatic rings. The molecule has 140 valence electrons. The van der Waals surface area contributed by atoms with E-state index in [-0.39, 0.29) is 11.5 Å².